The standard InChI is InChI=1S/C60H42N2/c1-4-15-43(16-5-1)44-27-34-51(35-28-44)61(49-18-6-2-7-19-49)52-36-29-45(30-37-52)46-31-38-53(39-32-46)62(50-20-8-3-9-21-50)54-22-14-17-47(41-54)48-33-40-59-57-25-11-10-23-55(57)56-24-12-13-26-58(56)60(59)42-48/h1-42H. The van der Waals surface area contributed by atoms with E-state index in [0.717, 1.165) is 45.3 Å². The van der Waals surface area contributed by atoms with Crippen LogP contribution in [0.15, 0.2) is 255 Å². The van der Waals surface area contributed by atoms with Gasteiger partial charge < -0.3 is 9.80 Å². The maximum atomic E-state index is 2.37. The van der Waals surface area contributed by atoms with Crippen molar-refractivity contribution < 1.29 is 0 Å². The van der Waals surface area contributed by atoms with Gasteiger partial charge in [0.05, 0.1) is 0 Å². The Balaban J connectivity index is 0.914. The van der Waals surface area contributed by atoms with Gasteiger partial charge in [-0.25, -0.2) is 0 Å². The molecule has 11 aromatic carbocycles. The van der Waals surface area contributed by atoms with Crippen molar-refractivity contribution in [3.05, 3.63) is 255 Å². The van der Waals surface area contributed by atoms with Gasteiger partial charge in [-0.1, -0.05) is 176 Å². The smallest absolute Gasteiger partial charge is 0.0467 e. The predicted octanol–water partition coefficient (Wildman–Crippen LogP) is 17.1. The van der Waals surface area contributed by atoms with E-state index < -0.39 is 0 Å². The lowest BCUT2D eigenvalue weighted by atomic mass is 9.92. The molecule has 0 fully saturated rings. The van der Waals surface area contributed by atoms with Crippen LogP contribution in [0.5, 0.6) is 0 Å². The summed E-state index contributed by atoms with van der Waals surface area (Å²) in [4.78, 5) is 4.66. The van der Waals surface area contributed by atoms with E-state index in [1.807, 2.05) is 0 Å². The maximum Gasteiger partial charge on any atom is 0.0467 e. The van der Waals surface area contributed by atoms with Crippen molar-refractivity contribution >= 4 is 66.4 Å². The van der Waals surface area contributed by atoms with Crippen molar-refractivity contribution in [1.29, 1.82) is 0 Å². The molecule has 0 aromatic heterocycles. The SMILES string of the molecule is c1ccc(-c2ccc(N(c3ccccc3)c3ccc(-c4ccc(N(c5ccccc5)c5cccc(-c6ccc7c8ccccc8c8ccccc8c7c6)c5)cc4)cc3)cc2)cc1. The first-order chi connectivity index (χ1) is 30.7. The summed E-state index contributed by atoms with van der Waals surface area (Å²) in [5.41, 5.74) is 13.8. The highest BCUT2D eigenvalue weighted by Gasteiger charge is 2.16. The van der Waals surface area contributed by atoms with Crippen molar-refractivity contribution in [2.45, 2.75) is 0 Å². The number of nitrogens with zero attached hydrogens (tertiary/aromatic N) is 2. The van der Waals surface area contributed by atoms with Crippen LogP contribution in [-0.2, 0) is 0 Å². The van der Waals surface area contributed by atoms with Crippen LogP contribution >= 0.6 is 0 Å². The maximum absolute atomic E-state index is 2.37. The molecule has 0 radical (unpaired) electrons. The molecule has 0 N–H and O–H groups in total. The second-order valence-corrected chi connectivity index (χ2v) is 15.8. The molecule has 0 aliphatic carbocycles. The molecule has 2 nitrogen and oxygen atoms in total. The van der Waals surface area contributed by atoms with Crippen molar-refractivity contribution in [2.24, 2.45) is 0 Å². The molecule has 292 valence electrons. The number of hydrogen-bond acceptors (Lipinski definition) is 2. The highest BCUT2D eigenvalue weighted by atomic mass is 15.1. The number of benzene rings is 11. The van der Waals surface area contributed by atoms with Gasteiger partial charge in [-0.15, -0.1) is 0 Å². The lowest BCUT2D eigenvalue weighted by Gasteiger charge is -2.26. The van der Waals surface area contributed by atoms with Gasteiger partial charge in [0.15, 0.2) is 0 Å². The summed E-state index contributed by atoms with van der Waals surface area (Å²) in [5, 5.41) is 7.70. The van der Waals surface area contributed by atoms with Gasteiger partial charge in [0, 0.05) is 34.1 Å². The molecular weight excluding hydrogens is 749 g/mol. The van der Waals surface area contributed by atoms with Crippen LogP contribution in [0, 0.1) is 0 Å². The van der Waals surface area contributed by atoms with Crippen LogP contribution in [0.2, 0.25) is 0 Å². The van der Waals surface area contributed by atoms with E-state index in [2.05, 4.69) is 265 Å². The fourth-order valence-electron chi connectivity index (χ4n) is 9.00. The fraction of sp³-hybridized carbons (Fsp3) is 0. The average Bonchev–Trinajstić information content (AvgIpc) is 3.36. The summed E-state index contributed by atoms with van der Waals surface area (Å²) in [6.45, 7) is 0. The number of hydrogen-bond donors (Lipinski definition) is 0. The van der Waals surface area contributed by atoms with E-state index in [1.165, 1.54) is 54.6 Å². The summed E-state index contributed by atoms with van der Waals surface area (Å²) in [5.74, 6) is 0. The lowest BCUT2D eigenvalue weighted by molar-refractivity contribution is 1.28. The quantitative estimate of drug-likeness (QED) is 0.134. The fourth-order valence-corrected chi connectivity index (χ4v) is 9.00. The van der Waals surface area contributed by atoms with Crippen molar-refractivity contribution in [2.75, 3.05) is 9.80 Å². The summed E-state index contributed by atoms with van der Waals surface area (Å²) in [6, 6.07) is 91.9. The van der Waals surface area contributed by atoms with E-state index in [0.29, 0.717) is 0 Å². The predicted molar refractivity (Wildman–Crippen MR) is 265 cm³/mol. The minimum Gasteiger partial charge on any atom is -0.311 e. The van der Waals surface area contributed by atoms with Crippen LogP contribution in [0.25, 0.3) is 65.7 Å². The van der Waals surface area contributed by atoms with E-state index in [-0.39, 0.29) is 0 Å². The van der Waals surface area contributed by atoms with Gasteiger partial charge in [-0.2, -0.15) is 0 Å². The first-order valence-electron chi connectivity index (χ1n) is 21.3. The van der Waals surface area contributed by atoms with Crippen molar-refractivity contribution in [3.63, 3.8) is 0 Å². The van der Waals surface area contributed by atoms with E-state index >= 15 is 0 Å². The van der Waals surface area contributed by atoms with Gasteiger partial charge in [-0.3, -0.25) is 0 Å². The zero-order valence-electron chi connectivity index (χ0n) is 34.1. The Kier molecular flexibility index (Phi) is 9.57. The van der Waals surface area contributed by atoms with Crippen LogP contribution in [0.4, 0.5) is 34.1 Å². The van der Waals surface area contributed by atoms with Gasteiger partial charge in [0.2, 0.25) is 0 Å². The summed E-state index contributed by atoms with van der Waals surface area (Å²) < 4.78 is 0. The Hall–Kier alpha value is -8.20. The first kappa shape index (κ1) is 36.8. The Morgan fingerprint density at radius 3 is 0.919 bits per heavy atom. The Morgan fingerprint density at radius 2 is 0.452 bits per heavy atom. The van der Waals surface area contributed by atoms with E-state index in [1.54, 1.807) is 0 Å². The largest absolute Gasteiger partial charge is 0.311 e. The van der Waals surface area contributed by atoms with E-state index in [4.69, 9.17) is 0 Å². The monoisotopic (exact) mass is 790 g/mol. The molecule has 0 aliphatic rings. The van der Waals surface area contributed by atoms with Crippen molar-refractivity contribution in [3.8, 4) is 33.4 Å². The second-order valence-electron chi connectivity index (χ2n) is 15.8. The highest BCUT2D eigenvalue weighted by molar-refractivity contribution is 6.25. The average molecular weight is 791 g/mol. The third-order valence-electron chi connectivity index (χ3n) is 12.0. The number of fused-ring (bicyclic) bond motifs is 6. The highest BCUT2D eigenvalue weighted by Crippen LogP contribution is 2.41. The minimum atomic E-state index is 1.10. The van der Waals surface area contributed by atoms with Gasteiger partial charge in [0.1, 0.15) is 0 Å². The second kappa shape index (κ2) is 16.1. The third kappa shape index (κ3) is 6.94. The number of rotatable bonds is 9. The molecule has 0 unspecified atom stereocenters. The molecule has 0 atom stereocenters. The van der Waals surface area contributed by atoms with E-state index in [9.17, 15) is 0 Å². The molecule has 0 spiro atoms. The summed E-state index contributed by atoms with van der Waals surface area (Å²) >= 11 is 0. The zero-order valence-corrected chi connectivity index (χ0v) is 34.1. The molecule has 2 heteroatoms. The molecule has 0 saturated carbocycles. The van der Waals surface area contributed by atoms with Gasteiger partial charge >= 0.3 is 0 Å². The third-order valence-corrected chi connectivity index (χ3v) is 12.0. The molecule has 0 bridgehead atoms. The van der Waals surface area contributed by atoms with Crippen molar-refractivity contribution in [1.82, 2.24) is 0 Å². The first-order valence-corrected chi connectivity index (χ1v) is 21.3. The lowest BCUT2D eigenvalue weighted by Crippen LogP contribution is -2.10. The van der Waals surface area contributed by atoms with Crippen LogP contribution < -0.4 is 9.80 Å². The zero-order chi connectivity index (χ0) is 41.2. The van der Waals surface area contributed by atoms with Crippen LogP contribution in [0.3, 0.4) is 0 Å². The molecule has 0 amide bonds. The normalized spacial score (nSPS) is 11.2. The van der Waals surface area contributed by atoms with Gasteiger partial charge in [0.25, 0.3) is 0 Å². The Labute approximate surface area is 362 Å². The Morgan fingerprint density at radius 1 is 0.161 bits per heavy atom. The molecular formula is C60H42N2. The molecule has 0 heterocycles. The number of anilines is 6. The Bertz CT molecular complexity index is 3270. The number of para-hydroxylation sites is 2. The van der Waals surface area contributed by atoms with Crippen LogP contribution in [0.1, 0.15) is 0 Å². The summed E-state index contributed by atoms with van der Waals surface area (Å²) in [6.07, 6.45) is 0. The van der Waals surface area contributed by atoms with Crippen LogP contribution in [-0.4, -0.2) is 0 Å². The molecule has 0 aliphatic heterocycles. The summed E-state index contributed by atoms with van der Waals surface area (Å²) in [7, 11) is 0. The minimum absolute atomic E-state index is 1.10. The molecule has 62 heavy (non-hydrogen) atoms. The molecule has 11 aromatic rings. The van der Waals surface area contributed by atoms with Gasteiger partial charge in [-0.05, 0) is 145 Å². The topological polar surface area (TPSA) is 6.48 Å². The molecule has 11 rings (SSSR count). The molecule has 0 saturated heterocycles.